The normalized spacial score (nSPS) is 12.5. The van der Waals surface area contributed by atoms with Crippen LogP contribution in [0.25, 0.3) is 11.1 Å². The van der Waals surface area contributed by atoms with Gasteiger partial charge in [-0.3, -0.25) is 4.98 Å². The van der Waals surface area contributed by atoms with Crippen molar-refractivity contribution in [1.29, 1.82) is 0 Å². The van der Waals surface area contributed by atoms with Crippen molar-refractivity contribution < 1.29 is 4.42 Å². The number of fused-ring (bicyclic) bond motifs is 1. The molecule has 0 radical (unpaired) electrons. The third kappa shape index (κ3) is 3.94. The molecule has 0 aliphatic heterocycles. The summed E-state index contributed by atoms with van der Waals surface area (Å²) < 4.78 is 4.98. The highest BCUT2D eigenvalue weighted by Crippen LogP contribution is 2.13. The van der Waals surface area contributed by atoms with Crippen LogP contribution in [0.4, 0.5) is 0 Å². The standard InChI is InChI=1S/C14H21N3O2/c1-14(2,15)9-17(3)7-6-10-4-5-12-11(8-10)16-13(18)19-12/h4-5,8H,6-7,9,15H2,1-3H3,(H,16,18). The average Bonchev–Trinajstić information content (AvgIpc) is 2.63. The average molecular weight is 263 g/mol. The number of aromatic amines is 1. The molecule has 0 spiro atoms. The molecule has 0 atom stereocenters. The second-order valence-corrected chi connectivity index (χ2v) is 5.82. The van der Waals surface area contributed by atoms with Gasteiger partial charge in [-0.25, -0.2) is 4.79 Å². The Bertz CT molecular complexity index is 607. The lowest BCUT2D eigenvalue weighted by Gasteiger charge is -2.26. The smallest absolute Gasteiger partial charge is 0.408 e. The van der Waals surface area contributed by atoms with E-state index >= 15 is 0 Å². The highest BCUT2D eigenvalue weighted by atomic mass is 16.4. The van der Waals surface area contributed by atoms with Crippen LogP contribution in [0.2, 0.25) is 0 Å². The number of hydrogen-bond donors (Lipinski definition) is 2. The minimum atomic E-state index is -0.408. The topological polar surface area (TPSA) is 75.3 Å². The Labute approximate surface area is 112 Å². The van der Waals surface area contributed by atoms with E-state index < -0.39 is 5.76 Å². The highest BCUT2D eigenvalue weighted by Gasteiger charge is 2.13. The van der Waals surface area contributed by atoms with E-state index in [0.29, 0.717) is 5.58 Å². The van der Waals surface area contributed by atoms with Crippen molar-refractivity contribution in [3.05, 3.63) is 34.3 Å². The molecule has 1 aromatic carbocycles. The van der Waals surface area contributed by atoms with Gasteiger partial charge in [0, 0.05) is 18.6 Å². The maximum Gasteiger partial charge on any atom is 0.417 e. The minimum Gasteiger partial charge on any atom is -0.408 e. The molecule has 5 heteroatoms. The van der Waals surface area contributed by atoms with Crippen LogP contribution in [0.5, 0.6) is 0 Å². The van der Waals surface area contributed by atoms with Gasteiger partial charge in [-0.2, -0.15) is 0 Å². The number of aromatic nitrogens is 1. The first kappa shape index (κ1) is 13.8. The lowest BCUT2D eigenvalue weighted by atomic mass is 10.1. The van der Waals surface area contributed by atoms with Gasteiger partial charge in [0.05, 0.1) is 5.52 Å². The van der Waals surface area contributed by atoms with Crippen molar-refractivity contribution in [2.45, 2.75) is 25.8 Å². The molecule has 19 heavy (non-hydrogen) atoms. The van der Waals surface area contributed by atoms with E-state index in [1.165, 1.54) is 5.56 Å². The zero-order chi connectivity index (χ0) is 14.0. The zero-order valence-electron chi connectivity index (χ0n) is 11.7. The first-order valence-corrected chi connectivity index (χ1v) is 6.43. The summed E-state index contributed by atoms with van der Waals surface area (Å²) in [5.41, 5.74) is 8.33. The fourth-order valence-corrected chi connectivity index (χ4v) is 2.25. The number of nitrogens with two attached hydrogens (primary N) is 1. The monoisotopic (exact) mass is 263 g/mol. The third-order valence-corrected chi connectivity index (χ3v) is 2.94. The van der Waals surface area contributed by atoms with Gasteiger partial charge in [-0.15, -0.1) is 0 Å². The molecule has 0 saturated heterocycles. The minimum absolute atomic E-state index is 0.186. The van der Waals surface area contributed by atoms with E-state index in [9.17, 15) is 4.79 Å². The number of rotatable bonds is 5. The summed E-state index contributed by atoms with van der Waals surface area (Å²) >= 11 is 0. The maximum atomic E-state index is 11.1. The van der Waals surface area contributed by atoms with Crippen LogP contribution in [-0.4, -0.2) is 35.6 Å². The summed E-state index contributed by atoms with van der Waals surface area (Å²) in [4.78, 5) is 16.0. The molecule has 0 unspecified atom stereocenters. The Morgan fingerprint density at radius 1 is 1.42 bits per heavy atom. The third-order valence-electron chi connectivity index (χ3n) is 2.94. The molecule has 0 fully saturated rings. The first-order chi connectivity index (χ1) is 8.83. The van der Waals surface area contributed by atoms with Gasteiger partial charge in [-0.1, -0.05) is 6.07 Å². The van der Waals surface area contributed by atoms with Crippen molar-refractivity contribution >= 4 is 11.1 Å². The van der Waals surface area contributed by atoms with Crippen LogP contribution in [0.15, 0.2) is 27.4 Å². The maximum absolute atomic E-state index is 11.1. The molecule has 2 rings (SSSR count). The van der Waals surface area contributed by atoms with E-state index in [2.05, 4.69) is 16.9 Å². The number of benzene rings is 1. The van der Waals surface area contributed by atoms with E-state index in [1.54, 1.807) is 0 Å². The summed E-state index contributed by atoms with van der Waals surface area (Å²) in [6, 6.07) is 5.78. The lowest BCUT2D eigenvalue weighted by molar-refractivity contribution is 0.273. The van der Waals surface area contributed by atoms with Crippen LogP contribution in [0, 0.1) is 0 Å². The fraction of sp³-hybridized carbons (Fsp3) is 0.500. The van der Waals surface area contributed by atoms with Gasteiger partial charge in [-0.05, 0) is 45.0 Å². The van der Waals surface area contributed by atoms with Crippen molar-refractivity contribution in [2.75, 3.05) is 20.1 Å². The predicted molar refractivity (Wildman–Crippen MR) is 76.3 cm³/mol. The predicted octanol–water partition coefficient (Wildman–Crippen LogP) is 1.33. The fourth-order valence-electron chi connectivity index (χ4n) is 2.25. The van der Waals surface area contributed by atoms with Crippen LogP contribution < -0.4 is 11.5 Å². The Kier molecular flexibility index (Phi) is 3.78. The molecular weight excluding hydrogens is 242 g/mol. The molecule has 5 nitrogen and oxygen atoms in total. The SMILES string of the molecule is CN(CCc1ccc2oc(=O)[nH]c2c1)CC(C)(C)N. The molecule has 0 saturated carbocycles. The molecule has 2 aromatic rings. The summed E-state index contributed by atoms with van der Waals surface area (Å²) in [6.45, 7) is 5.81. The number of hydrogen-bond acceptors (Lipinski definition) is 4. The number of oxazole rings is 1. The van der Waals surface area contributed by atoms with Crippen molar-refractivity contribution in [2.24, 2.45) is 5.73 Å². The molecule has 0 aliphatic carbocycles. The zero-order valence-corrected chi connectivity index (χ0v) is 11.7. The van der Waals surface area contributed by atoms with Crippen molar-refractivity contribution in [3.63, 3.8) is 0 Å². The summed E-state index contributed by atoms with van der Waals surface area (Å²) in [6.07, 6.45) is 0.912. The van der Waals surface area contributed by atoms with Gasteiger partial charge in [0.1, 0.15) is 0 Å². The van der Waals surface area contributed by atoms with Crippen LogP contribution >= 0.6 is 0 Å². The van der Waals surface area contributed by atoms with Gasteiger partial charge in [0.2, 0.25) is 0 Å². The van der Waals surface area contributed by atoms with Gasteiger partial charge >= 0.3 is 5.76 Å². The quantitative estimate of drug-likeness (QED) is 0.853. The Balaban J connectivity index is 1.99. The second kappa shape index (κ2) is 5.19. The number of nitrogens with one attached hydrogen (secondary N) is 1. The van der Waals surface area contributed by atoms with Gasteiger partial charge in [0.25, 0.3) is 0 Å². The van der Waals surface area contributed by atoms with Crippen LogP contribution in [-0.2, 0) is 6.42 Å². The summed E-state index contributed by atoms with van der Waals surface area (Å²) in [5, 5.41) is 0. The van der Waals surface area contributed by atoms with E-state index in [-0.39, 0.29) is 5.54 Å². The van der Waals surface area contributed by atoms with Gasteiger partial charge < -0.3 is 15.1 Å². The van der Waals surface area contributed by atoms with Crippen LogP contribution in [0.1, 0.15) is 19.4 Å². The largest absolute Gasteiger partial charge is 0.417 e. The van der Waals surface area contributed by atoms with E-state index in [1.807, 2.05) is 32.0 Å². The summed E-state index contributed by atoms with van der Waals surface area (Å²) in [5.74, 6) is -0.408. The molecule has 3 N–H and O–H groups in total. The molecule has 104 valence electrons. The lowest BCUT2D eigenvalue weighted by Crippen LogP contribution is -2.44. The van der Waals surface area contributed by atoms with Crippen molar-refractivity contribution in [3.8, 4) is 0 Å². The second-order valence-electron chi connectivity index (χ2n) is 5.82. The van der Waals surface area contributed by atoms with Crippen LogP contribution in [0.3, 0.4) is 0 Å². The molecule has 1 heterocycles. The Morgan fingerprint density at radius 3 is 2.84 bits per heavy atom. The number of H-pyrrole nitrogens is 1. The van der Waals surface area contributed by atoms with Gasteiger partial charge in [0.15, 0.2) is 5.58 Å². The Morgan fingerprint density at radius 2 is 2.16 bits per heavy atom. The highest BCUT2D eigenvalue weighted by molar-refractivity contribution is 5.72. The molecule has 0 bridgehead atoms. The molecular formula is C14H21N3O2. The summed E-state index contributed by atoms with van der Waals surface area (Å²) in [7, 11) is 2.06. The van der Waals surface area contributed by atoms with E-state index in [4.69, 9.17) is 10.2 Å². The number of likely N-dealkylation sites (N-methyl/N-ethyl adjacent to an activating group) is 1. The van der Waals surface area contributed by atoms with Crippen molar-refractivity contribution in [1.82, 2.24) is 9.88 Å². The molecule has 0 aliphatic rings. The Hall–Kier alpha value is -1.59. The first-order valence-electron chi connectivity index (χ1n) is 6.43. The van der Waals surface area contributed by atoms with E-state index in [0.717, 1.165) is 25.0 Å². The number of nitrogens with zero attached hydrogens (tertiary/aromatic N) is 1. The molecule has 1 aromatic heterocycles. The molecule has 0 amide bonds.